The molecule has 1 aromatic heterocycles. The van der Waals surface area contributed by atoms with Gasteiger partial charge in [0.15, 0.2) is 11.0 Å². The summed E-state index contributed by atoms with van der Waals surface area (Å²) in [6.45, 7) is 0. The molecule has 0 saturated heterocycles. The van der Waals surface area contributed by atoms with E-state index in [0.29, 0.717) is 22.4 Å². The number of rotatable bonds is 7. The Morgan fingerprint density at radius 3 is 2.56 bits per heavy atom. The van der Waals surface area contributed by atoms with Crippen molar-refractivity contribution in [2.75, 3.05) is 16.8 Å². The molecule has 0 radical (unpaired) electrons. The third kappa shape index (κ3) is 4.76. The van der Waals surface area contributed by atoms with E-state index in [0.717, 1.165) is 11.3 Å². The molecule has 0 saturated carbocycles. The number of nitrogens with one attached hydrogen (secondary N) is 1. The fourth-order valence-electron chi connectivity index (χ4n) is 3.06. The maximum Gasteiger partial charge on any atom is 0.271 e. The predicted molar refractivity (Wildman–Crippen MR) is 124 cm³/mol. The first-order valence-electron chi connectivity index (χ1n) is 9.55. The van der Waals surface area contributed by atoms with E-state index in [1.807, 2.05) is 53.1 Å². The van der Waals surface area contributed by atoms with E-state index in [4.69, 9.17) is 5.73 Å². The van der Waals surface area contributed by atoms with E-state index >= 15 is 0 Å². The number of carbonyl (C=O) groups is 1. The summed E-state index contributed by atoms with van der Waals surface area (Å²) in [5.41, 5.74) is 8.45. The van der Waals surface area contributed by atoms with E-state index in [-0.39, 0.29) is 17.3 Å². The number of nitrogens with two attached hydrogens (primary N) is 1. The first-order chi connectivity index (χ1) is 15.5. The minimum Gasteiger partial charge on any atom is -0.399 e. The van der Waals surface area contributed by atoms with Crippen LogP contribution in [0.5, 0.6) is 0 Å². The van der Waals surface area contributed by atoms with Crippen LogP contribution in [0.25, 0.3) is 17.1 Å². The number of non-ortho nitro benzene ring substituents is 1. The smallest absolute Gasteiger partial charge is 0.271 e. The van der Waals surface area contributed by atoms with Gasteiger partial charge in [0.05, 0.1) is 10.7 Å². The van der Waals surface area contributed by atoms with E-state index in [2.05, 4.69) is 15.5 Å². The van der Waals surface area contributed by atoms with Crippen LogP contribution in [0.4, 0.5) is 17.1 Å². The Hall–Kier alpha value is -4.18. The summed E-state index contributed by atoms with van der Waals surface area (Å²) in [5, 5.41) is 22.7. The highest BCUT2D eigenvalue weighted by molar-refractivity contribution is 7.99. The largest absolute Gasteiger partial charge is 0.399 e. The Bertz CT molecular complexity index is 1280. The number of benzene rings is 3. The molecule has 3 aromatic carbocycles. The van der Waals surface area contributed by atoms with Gasteiger partial charge in [0.2, 0.25) is 5.91 Å². The van der Waals surface area contributed by atoms with Crippen molar-refractivity contribution < 1.29 is 9.72 Å². The highest BCUT2D eigenvalue weighted by atomic mass is 32.2. The molecule has 0 unspecified atom stereocenters. The van der Waals surface area contributed by atoms with Gasteiger partial charge >= 0.3 is 0 Å². The molecule has 160 valence electrons. The van der Waals surface area contributed by atoms with Crippen molar-refractivity contribution in [3.05, 3.63) is 89.0 Å². The van der Waals surface area contributed by atoms with E-state index < -0.39 is 4.92 Å². The van der Waals surface area contributed by atoms with E-state index in [1.54, 1.807) is 12.1 Å². The Morgan fingerprint density at radius 1 is 1.03 bits per heavy atom. The number of nitrogen functional groups attached to an aromatic ring is 1. The number of aromatic nitrogens is 3. The van der Waals surface area contributed by atoms with Gasteiger partial charge in [-0.15, -0.1) is 10.2 Å². The summed E-state index contributed by atoms with van der Waals surface area (Å²) in [7, 11) is 0. The van der Waals surface area contributed by atoms with Crippen molar-refractivity contribution in [1.29, 1.82) is 0 Å². The average molecular weight is 446 g/mol. The van der Waals surface area contributed by atoms with E-state index in [1.165, 1.54) is 30.0 Å². The van der Waals surface area contributed by atoms with Gasteiger partial charge in [-0.05, 0) is 30.3 Å². The molecule has 4 aromatic rings. The molecular formula is C22H18N6O3S. The zero-order chi connectivity index (χ0) is 22.5. The standard InChI is InChI=1S/C22H18N6O3S/c23-16-7-4-6-15(12-16)21-25-26-22(27(21)18-9-2-1-3-10-18)32-14-20(29)24-17-8-5-11-19(13-17)28(30)31/h1-13H,14,23H2,(H,24,29). The normalized spacial score (nSPS) is 10.6. The van der Waals surface area contributed by atoms with E-state index in [9.17, 15) is 14.9 Å². The second-order valence-electron chi connectivity index (χ2n) is 6.75. The molecule has 0 spiro atoms. The molecule has 0 bridgehead atoms. The maximum atomic E-state index is 12.5. The molecule has 0 aliphatic heterocycles. The van der Waals surface area contributed by atoms with Crippen molar-refractivity contribution in [3.63, 3.8) is 0 Å². The van der Waals surface area contributed by atoms with Crippen molar-refractivity contribution in [3.8, 4) is 17.1 Å². The molecular weight excluding hydrogens is 428 g/mol. The molecule has 32 heavy (non-hydrogen) atoms. The monoisotopic (exact) mass is 446 g/mol. The third-order valence-corrected chi connectivity index (χ3v) is 5.39. The molecule has 1 amide bonds. The van der Waals surface area contributed by atoms with Gasteiger partial charge in [0.1, 0.15) is 0 Å². The first kappa shape index (κ1) is 21.1. The van der Waals surface area contributed by atoms with Crippen LogP contribution in [0.3, 0.4) is 0 Å². The summed E-state index contributed by atoms with van der Waals surface area (Å²) in [6, 6.07) is 22.7. The Kier molecular flexibility index (Phi) is 6.13. The zero-order valence-corrected chi connectivity index (χ0v) is 17.5. The Balaban J connectivity index is 1.57. The lowest BCUT2D eigenvalue weighted by Gasteiger charge is -2.11. The van der Waals surface area contributed by atoms with Crippen LogP contribution in [0.15, 0.2) is 84.0 Å². The van der Waals surface area contributed by atoms with Gasteiger partial charge in [-0.25, -0.2) is 0 Å². The fourth-order valence-corrected chi connectivity index (χ4v) is 3.81. The number of nitro benzene ring substituents is 1. The highest BCUT2D eigenvalue weighted by Gasteiger charge is 2.18. The molecule has 9 nitrogen and oxygen atoms in total. The summed E-state index contributed by atoms with van der Waals surface area (Å²) < 4.78 is 1.86. The lowest BCUT2D eigenvalue weighted by molar-refractivity contribution is -0.384. The number of amides is 1. The molecule has 0 atom stereocenters. The third-order valence-electron chi connectivity index (χ3n) is 4.47. The van der Waals surface area contributed by atoms with Crippen LogP contribution in [0.2, 0.25) is 0 Å². The fraction of sp³-hybridized carbons (Fsp3) is 0.0455. The van der Waals surface area contributed by atoms with Gasteiger partial charge in [-0.1, -0.05) is 48.2 Å². The number of carbonyl (C=O) groups excluding carboxylic acids is 1. The maximum absolute atomic E-state index is 12.5. The number of hydrogen-bond acceptors (Lipinski definition) is 7. The molecule has 0 fully saturated rings. The number of nitro groups is 1. The Labute approximate surface area is 187 Å². The summed E-state index contributed by atoms with van der Waals surface area (Å²) in [5.74, 6) is 0.332. The van der Waals surface area contributed by atoms with Gasteiger partial charge in [0, 0.05) is 34.8 Å². The number of thioether (sulfide) groups is 1. The van der Waals surface area contributed by atoms with Gasteiger partial charge in [-0.2, -0.15) is 0 Å². The van der Waals surface area contributed by atoms with Crippen LogP contribution in [-0.4, -0.2) is 31.3 Å². The molecule has 3 N–H and O–H groups in total. The van der Waals surface area contributed by atoms with Crippen LogP contribution < -0.4 is 11.1 Å². The molecule has 0 aliphatic rings. The van der Waals surface area contributed by atoms with Crippen molar-refractivity contribution >= 4 is 34.7 Å². The van der Waals surface area contributed by atoms with Crippen molar-refractivity contribution in [1.82, 2.24) is 14.8 Å². The topological polar surface area (TPSA) is 129 Å². The van der Waals surface area contributed by atoms with Gasteiger partial charge < -0.3 is 11.1 Å². The van der Waals surface area contributed by atoms with Crippen LogP contribution in [0.1, 0.15) is 0 Å². The molecule has 10 heteroatoms. The lowest BCUT2D eigenvalue weighted by Crippen LogP contribution is -2.14. The van der Waals surface area contributed by atoms with Crippen LogP contribution in [-0.2, 0) is 4.79 Å². The van der Waals surface area contributed by atoms with Gasteiger partial charge in [0.25, 0.3) is 5.69 Å². The second kappa shape index (κ2) is 9.31. The summed E-state index contributed by atoms with van der Waals surface area (Å²) in [6.07, 6.45) is 0. The minimum absolute atomic E-state index is 0.0462. The second-order valence-corrected chi connectivity index (χ2v) is 7.69. The number of anilines is 2. The van der Waals surface area contributed by atoms with Crippen LogP contribution >= 0.6 is 11.8 Å². The number of para-hydroxylation sites is 1. The SMILES string of the molecule is Nc1cccc(-c2nnc(SCC(=O)Nc3cccc([N+](=O)[O-])c3)n2-c2ccccc2)c1. The molecule has 0 aliphatic carbocycles. The zero-order valence-electron chi connectivity index (χ0n) is 16.7. The van der Waals surface area contributed by atoms with Crippen molar-refractivity contribution in [2.45, 2.75) is 5.16 Å². The van der Waals surface area contributed by atoms with Crippen molar-refractivity contribution in [2.24, 2.45) is 0 Å². The average Bonchev–Trinajstić information content (AvgIpc) is 3.22. The van der Waals surface area contributed by atoms with Gasteiger partial charge in [-0.3, -0.25) is 19.5 Å². The predicted octanol–water partition coefficient (Wildman–Crippen LogP) is 4.16. The number of hydrogen-bond donors (Lipinski definition) is 2. The molecule has 1 heterocycles. The first-order valence-corrected chi connectivity index (χ1v) is 10.5. The minimum atomic E-state index is -0.509. The van der Waals surface area contributed by atoms with Crippen LogP contribution in [0, 0.1) is 10.1 Å². The quantitative estimate of drug-likeness (QED) is 0.189. The highest BCUT2D eigenvalue weighted by Crippen LogP contribution is 2.29. The summed E-state index contributed by atoms with van der Waals surface area (Å²) >= 11 is 1.21. The molecule has 4 rings (SSSR count). The number of nitrogens with zero attached hydrogens (tertiary/aromatic N) is 4. The lowest BCUT2D eigenvalue weighted by atomic mass is 10.2. The summed E-state index contributed by atoms with van der Waals surface area (Å²) in [4.78, 5) is 22.9. The Morgan fingerprint density at radius 2 is 1.81 bits per heavy atom.